The second-order valence-electron chi connectivity index (χ2n) is 3.22. The van der Waals surface area contributed by atoms with E-state index >= 15 is 0 Å². The van der Waals surface area contributed by atoms with E-state index in [-0.39, 0.29) is 12.6 Å². The zero-order valence-corrected chi connectivity index (χ0v) is 6.88. The average molecular weight is 177 g/mol. The number of nitrogens with one attached hydrogen (secondary N) is 1. The summed E-state index contributed by atoms with van der Waals surface area (Å²) < 4.78 is 0. The molecular weight excluding hydrogens is 162 g/mol. The topological polar surface area (TPSA) is 93.0 Å². The molecule has 0 spiro atoms. The average Bonchev–Trinajstić information content (AvgIpc) is 2.08. The lowest BCUT2D eigenvalue weighted by Crippen LogP contribution is -2.64. The summed E-state index contributed by atoms with van der Waals surface area (Å²) in [5, 5.41) is 39.4. The van der Waals surface area contributed by atoms with Crippen molar-refractivity contribution >= 4 is 0 Å². The highest BCUT2D eigenvalue weighted by atomic mass is 16.4. The fourth-order valence-electron chi connectivity index (χ4n) is 1.43. The SMILES string of the molecule is C[C@@H]1NC(CO)C(O)[C@H](O)[C@@H]1O. The first-order valence-corrected chi connectivity index (χ1v) is 3.99. The van der Waals surface area contributed by atoms with Crippen LogP contribution in [0.2, 0.25) is 0 Å². The fraction of sp³-hybridized carbons (Fsp3) is 1.00. The molecule has 5 nitrogen and oxygen atoms in total. The van der Waals surface area contributed by atoms with Crippen molar-refractivity contribution in [3.8, 4) is 0 Å². The standard InChI is InChI=1S/C7H15NO4/c1-3-5(10)7(12)6(11)4(2-9)8-3/h3-12H,2H2,1H3/t3-,4?,5+,6?,7+/m0/s1. The molecule has 72 valence electrons. The van der Waals surface area contributed by atoms with Gasteiger partial charge in [0.15, 0.2) is 0 Å². The van der Waals surface area contributed by atoms with Gasteiger partial charge in [-0.25, -0.2) is 0 Å². The van der Waals surface area contributed by atoms with E-state index in [1.807, 2.05) is 0 Å². The molecule has 0 amide bonds. The first-order valence-electron chi connectivity index (χ1n) is 3.99. The zero-order chi connectivity index (χ0) is 9.30. The molecule has 5 heteroatoms. The summed E-state index contributed by atoms with van der Waals surface area (Å²) in [6, 6.07) is -0.876. The Morgan fingerprint density at radius 3 is 2.17 bits per heavy atom. The first kappa shape index (κ1) is 9.88. The van der Waals surface area contributed by atoms with Gasteiger partial charge in [0, 0.05) is 6.04 Å². The number of rotatable bonds is 1. The lowest BCUT2D eigenvalue weighted by atomic mass is 9.91. The van der Waals surface area contributed by atoms with E-state index in [1.165, 1.54) is 0 Å². The molecule has 0 saturated carbocycles. The van der Waals surface area contributed by atoms with E-state index < -0.39 is 24.4 Å². The summed E-state index contributed by atoms with van der Waals surface area (Å²) in [6.07, 6.45) is -3.28. The predicted octanol–water partition coefficient (Wildman–Crippen LogP) is -2.58. The van der Waals surface area contributed by atoms with Crippen molar-refractivity contribution in [3.05, 3.63) is 0 Å². The van der Waals surface area contributed by atoms with Gasteiger partial charge < -0.3 is 25.7 Å². The van der Waals surface area contributed by atoms with Crippen molar-refractivity contribution in [2.24, 2.45) is 0 Å². The predicted molar refractivity (Wildman–Crippen MR) is 41.5 cm³/mol. The monoisotopic (exact) mass is 177 g/mol. The largest absolute Gasteiger partial charge is 0.395 e. The van der Waals surface area contributed by atoms with Crippen LogP contribution in [0.1, 0.15) is 6.92 Å². The van der Waals surface area contributed by atoms with Crippen LogP contribution in [0.15, 0.2) is 0 Å². The third kappa shape index (κ3) is 1.60. The Balaban J connectivity index is 2.63. The summed E-state index contributed by atoms with van der Waals surface area (Å²) in [6.45, 7) is 1.43. The van der Waals surface area contributed by atoms with Crippen LogP contribution in [0.25, 0.3) is 0 Å². The van der Waals surface area contributed by atoms with Gasteiger partial charge in [-0.05, 0) is 6.92 Å². The van der Waals surface area contributed by atoms with Crippen LogP contribution in [0.4, 0.5) is 0 Å². The van der Waals surface area contributed by atoms with Gasteiger partial charge in [-0.1, -0.05) is 0 Å². The van der Waals surface area contributed by atoms with Crippen LogP contribution in [0, 0.1) is 0 Å². The summed E-state index contributed by atoms with van der Waals surface area (Å²) in [5.41, 5.74) is 0. The molecule has 0 aliphatic carbocycles. The van der Waals surface area contributed by atoms with Gasteiger partial charge in [0.05, 0.1) is 24.9 Å². The van der Waals surface area contributed by atoms with Crippen molar-refractivity contribution < 1.29 is 20.4 Å². The number of piperidine rings is 1. The van der Waals surface area contributed by atoms with Gasteiger partial charge in [0.2, 0.25) is 0 Å². The van der Waals surface area contributed by atoms with Crippen LogP contribution in [-0.2, 0) is 0 Å². The van der Waals surface area contributed by atoms with Crippen molar-refractivity contribution in [1.82, 2.24) is 5.32 Å². The van der Waals surface area contributed by atoms with Crippen LogP contribution in [0.3, 0.4) is 0 Å². The molecule has 5 N–H and O–H groups in total. The molecule has 5 atom stereocenters. The van der Waals surface area contributed by atoms with Crippen molar-refractivity contribution in [1.29, 1.82) is 0 Å². The van der Waals surface area contributed by atoms with Crippen molar-refractivity contribution in [2.45, 2.75) is 37.3 Å². The Hall–Kier alpha value is -0.200. The van der Waals surface area contributed by atoms with Gasteiger partial charge in [0.1, 0.15) is 6.10 Å². The zero-order valence-electron chi connectivity index (χ0n) is 6.88. The van der Waals surface area contributed by atoms with Gasteiger partial charge in [0.25, 0.3) is 0 Å². The third-order valence-corrected chi connectivity index (χ3v) is 2.30. The second-order valence-corrected chi connectivity index (χ2v) is 3.22. The minimum atomic E-state index is -1.18. The molecule has 1 aliphatic rings. The number of hydrogen-bond donors (Lipinski definition) is 5. The molecule has 0 aromatic carbocycles. The summed E-state index contributed by atoms with van der Waals surface area (Å²) in [5.74, 6) is 0. The Bertz CT molecular complexity index is 150. The van der Waals surface area contributed by atoms with Crippen LogP contribution >= 0.6 is 0 Å². The maximum absolute atomic E-state index is 9.29. The molecule has 2 unspecified atom stereocenters. The molecule has 0 bridgehead atoms. The van der Waals surface area contributed by atoms with Crippen LogP contribution in [-0.4, -0.2) is 57.4 Å². The Labute approximate surface area is 70.6 Å². The molecule has 0 aromatic rings. The normalized spacial score (nSPS) is 49.2. The Morgan fingerprint density at radius 1 is 1.08 bits per heavy atom. The fourth-order valence-corrected chi connectivity index (χ4v) is 1.43. The summed E-state index contributed by atoms with van der Waals surface area (Å²) >= 11 is 0. The first-order chi connectivity index (χ1) is 5.57. The Kier molecular flexibility index (Phi) is 3.03. The molecular formula is C7H15NO4. The number of hydrogen-bond acceptors (Lipinski definition) is 5. The minimum Gasteiger partial charge on any atom is -0.395 e. The molecule has 1 fully saturated rings. The van der Waals surface area contributed by atoms with E-state index in [4.69, 9.17) is 5.11 Å². The second kappa shape index (κ2) is 3.68. The molecule has 1 heterocycles. The molecule has 1 rings (SSSR count). The molecule has 0 radical (unpaired) electrons. The highest BCUT2D eigenvalue weighted by Crippen LogP contribution is 2.14. The molecule has 1 saturated heterocycles. The van der Waals surface area contributed by atoms with Crippen molar-refractivity contribution in [3.63, 3.8) is 0 Å². The lowest BCUT2D eigenvalue weighted by Gasteiger charge is -2.39. The Morgan fingerprint density at radius 2 is 1.67 bits per heavy atom. The minimum absolute atomic E-state index is 0.255. The van der Waals surface area contributed by atoms with Gasteiger partial charge >= 0.3 is 0 Å². The van der Waals surface area contributed by atoms with E-state index in [2.05, 4.69) is 5.32 Å². The third-order valence-electron chi connectivity index (χ3n) is 2.30. The van der Waals surface area contributed by atoms with E-state index in [9.17, 15) is 15.3 Å². The lowest BCUT2D eigenvalue weighted by molar-refractivity contribution is -0.116. The van der Waals surface area contributed by atoms with Gasteiger partial charge in [-0.2, -0.15) is 0 Å². The smallest absolute Gasteiger partial charge is 0.109 e. The maximum Gasteiger partial charge on any atom is 0.109 e. The quantitative estimate of drug-likeness (QED) is 0.303. The van der Waals surface area contributed by atoms with Gasteiger partial charge in [-0.15, -0.1) is 0 Å². The number of aliphatic hydroxyl groups is 4. The molecule has 1 aliphatic heterocycles. The van der Waals surface area contributed by atoms with E-state index in [1.54, 1.807) is 6.92 Å². The number of aliphatic hydroxyl groups excluding tert-OH is 4. The highest BCUT2D eigenvalue weighted by Gasteiger charge is 2.39. The summed E-state index contributed by atoms with van der Waals surface area (Å²) in [4.78, 5) is 0. The van der Waals surface area contributed by atoms with Crippen LogP contribution in [0.5, 0.6) is 0 Å². The van der Waals surface area contributed by atoms with E-state index in [0.29, 0.717) is 0 Å². The van der Waals surface area contributed by atoms with Crippen molar-refractivity contribution in [2.75, 3.05) is 6.61 Å². The molecule has 12 heavy (non-hydrogen) atoms. The maximum atomic E-state index is 9.29. The van der Waals surface area contributed by atoms with E-state index in [0.717, 1.165) is 0 Å². The molecule has 0 aromatic heterocycles. The highest BCUT2D eigenvalue weighted by molar-refractivity contribution is 4.96. The van der Waals surface area contributed by atoms with Gasteiger partial charge in [-0.3, -0.25) is 0 Å². The van der Waals surface area contributed by atoms with Crippen LogP contribution < -0.4 is 5.32 Å². The summed E-state index contributed by atoms with van der Waals surface area (Å²) in [7, 11) is 0.